The fourth-order valence-electron chi connectivity index (χ4n) is 1.77. The summed E-state index contributed by atoms with van der Waals surface area (Å²) in [4.78, 5) is 4.05. The molecule has 2 heterocycles. The van der Waals surface area contributed by atoms with E-state index in [2.05, 4.69) is 10.3 Å². The summed E-state index contributed by atoms with van der Waals surface area (Å²) < 4.78 is 12.0. The standard InChI is InChI=1S/C11H13N3OS.ClH/c12-7-9-3-5-14-11(6-9)16(15)8-10-2-1-4-13-10;/h3,5-6,10,13H,1-2,4,8H2;1H. The van der Waals surface area contributed by atoms with Crippen LogP contribution < -0.4 is 5.32 Å². The van der Waals surface area contributed by atoms with Crippen molar-refractivity contribution >= 4 is 23.2 Å². The van der Waals surface area contributed by atoms with Crippen LogP contribution in [-0.2, 0) is 10.8 Å². The third kappa shape index (κ3) is 3.77. The topological polar surface area (TPSA) is 65.8 Å². The minimum Gasteiger partial charge on any atom is -0.313 e. The smallest absolute Gasteiger partial charge is 0.128 e. The molecule has 2 rings (SSSR count). The highest BCUT2D eigenvalue weighted by Gasteiger charge is 2.18. The molecule has 0 amide bonds. The van der Waals surface area contributed by atoms with E-state index in [9.17, 15) is 4.21 Å². The molecule has 0 aliphatic carbocycles. The zero-order valence-electron chi connectivity index (χ0n) is 9.26. The van der Waals surface area contributed by atoms with Gasteiger partial charge >= 0.3 is 0 Å². The molecule has 0 radical (unpaired) electrons. The molecule has 2 unspecified atom stereocenters. The van der Waals surface area contributed by atoms with Gasteiger partial charge in [-0.15, -0.1) is 12.4 Å². The third-order valence-electron chi connectivity index (χ3n) is 2.61. The van der Waals surface area contributed by atoms with Crippen LogP contribution in [0.4, 0.5) is 0 Å². The lowest BCUT2D eigenvalue weighted by atomic mass is 10.3. The lowest BCUT2D eigenvalue weighted by Crippen LogP contribution is -2.27. The quantitative estimate of drug-likeness (QED) is 0.898. The summed E-state index contributed by atoms with van der Waals surface area (Å²) in [5.41, 5.74) is 0.512. The zero-order valence-corrected chi connectivity index (χ0v) is 10.9. The van der Waals surface area contributed by atoms with Crippen molar-refractivity contribution in [1.82, 2.24) is 10.3 Å². The largest absolute Gasteiger partial charge is 0.313 e. The van der Waals surface area contributed by atoms with Gasteiger partial charge in [-0.3, -0.25) is 4.21 Å². The van der Waals surface area contributed by atoms with Crippen molar-refractivity contribution in [3.63, 3.8) is 0 Å². The number of pyridine rings is 1. The number of nitriles is 1. The van der Waals surface area contributed by atoms with Crippen molar-refractivity contribution in [3.8, 4) is 6.07 Å². The Hall–Kier alpha value is -0.960. The number of hydrogen-bond donors (Lipinski definition) is 1. The molecular weight excluding hydrogens is 258 g/mol. The van der Waals surface area contributed by atoms with Gasteiger partial charge in [0, 0.05) is 18.0 Å². The Bertz CT molecular complexity index is 441. The van der Waals surface area contributed by atoms with Crippen LogP contribution in [0.1, 0.15) is 18.4 Å². The summed E-state index contributed by atoms with van der Waals surface area (Å²) in [7, 11) is -1.11. The zero-order chi connectivity index (χ0) is 11.4. The fourth-order valence-corrected chi connectivity index (χ4v) is 3.03. The molecule has 17 heavy (non-hydrogen) atoms. The predicted molar refractivity (Wildman–Crippen MR) is 68.5 cm³/mol. The molecule has 92 valence electrons. The molecule has 1 fully saturated rings. The minimum atomic E-state index is -1.11. The number of hydrogen-bond acceptors (Lipinski definition) is 4. The van der Waals surface area contributed by atoms with Crippen LogP contribution in [0.5, 0.6) is 0 Å². The van der Waals surface area contributed by atoms with Crippen molar-refractivity contribution in [1.29, 1.82) is 5.26 Å². The Morgan fingerprint density at radius 1 is 1.65 bits per heavy atom. The second kappa shape index (κ2) is 6.70. The molecule has 0 aromatic carbocycles. The van der Waals surface area contributed by atoms with Gasteiger partial charge in [-0.2, -0.15) is 5.26 Å². The Morgan fingerprint density at radius 2 is 2.47 bits per heavy atom. The van der Waals surface area contributed by atoms with Gasteiger partial charge in [-0.05, 0) is 31.5 Å². The van der Waals surface area contributed by atoms with Crippen molar-refractivity contribution in [3.05, 3.63) is 23.9 Å². The number of rotatable bonds is 3. The van der Waals surface area contributed by atoms with Gasteiger partial charge in [0.05, 0.1) is 22.4 Å². The van der Waals surface area contributed by atoms with Gasteiger partial charge in [0.25, 0.3) is 0 Å². The van der Waals surface area contributed by atoms with E-state index in [-0.39, 0.29) is 12.4 Å². The number of nitrogens with zero attached hydrogens (tertiary/aromatic N) is 2. The first-order chi connectivity index (χ1) is 7.79. The third-order valence-corrected chi connectivity index (χ3v) is 4.01. The fraction of sp³-hybridized carbons (Fsp3) is 0.455. The van der Waals surface area contributed by atoms with Crippen molar-refractivity contribution in [2.24, 2.45) is 0 Å². The lowest BCUT2D eigenvalue weighted by Gasteiger charge is -2.08. The first-order valence-corrected chi connectivity index (χ1v) is 6.59. The number of nitrogens with one attached hydrogen (secondary N) is 1. The minimum absolute atomic E-state index is 0. The van der Waals surface area contributed by atoms with E-state index < -0.39 is 10.8 Å². The average Bonchev–Trinajstić information content (AvgIpc) is 2.82. The molecular formula is C11H14ClN3OS. The van der Waals surface area contributed by atoms with E-state index in [1.54, 1.807) is 12.1 Å². The maximum Gasteiger partial charge on any atom is 0.128 e. The van der Waals surface area contributed by atoms with E-state index in [1.165, 1.54) is 6.20 Å². The van der Waals surface area contributed by atoms with Gasteiger partial charge in [-0.1, -0.05) is 0 Å². The van der Waals surface area contributed by atoms with Gasteiger partial charge in [0.15, 0.2) is 0 Å². The molecule has 4 nitrogen and oxygen atoms in total. The maximum absolute atomic E-state index is 12.0. The molecule has 0 bridgehead atoms. The van der Waals surface area contributed by atoms with Crippen LogP contribution in [-0.4, -0.2) is 27.5 Å². The molecule has 0 saturated carbocycles. The highest BCUT2D eigenvalue weighted by atomic mass is 35.5. The van der Waals surface area contributed by atoms with E-state index in [0.717, 1.165) is 19.4 Å². The summed E-state index contributed by atoms with van der Waals surface area (Å²) in [6.45, 7) is 1.01. The number of halogens is 1. The number of aromatic nitrogens is 1. The van der Waals surface area contributed by atoms with Crippen LogP contribution in [0, 0.1) is 11.3 Å². The summed E-state index contributed by atoms with van der Waals surface area (Å²) in [5, 5.41) is 12.5. The molecule has 1 aliphatic rings. The van der Waals surface area contributed by atoms with Crippen LogP contribution in [0.3, 0.4) is 0 Å². The molecule has 1 aromatic heterocycles. The van der Waals surface area contributed by atoms with Crippen LogP contribution in [0.15, 0.2) is 23.4 Å². The van der Waals surface area contributed by atoms with Crippen LogP contribution in [0.2, 0.25) is 0 Å². The van der Waals surface area contributed by atoms with E-state index in [0.29, 0.717) is 22.4 Å². The Morgan fingerprint density at radius 3 is 3.12 bits per heavy atom. The summed E-state index contributed by atoms with van der Waals surface area (Å²) in [6, 6.07) is 5.57. The normalized spacial score (nSPS) is 20.3. The van der Waals surface area contributed by atoms with Crippen molar-refractivity contribution in [2.45, 2.75) is 23.9 Å². The summed E-state index contributed by atoms with van der Waals surface area (Å²) in [6.07, 6.45) is 3.76. The van der Waals surface area contributed by atoms with E-state index in [1.807, 2.05) is 6.07 Å². The highest BCUT2D eigenvalue weighted by molar-refractivity contribution is 7.85. The van der Waals surface area contributed by atoms with E-state index >= 15 is 0 Å². The van der Waals surface area contributed by atoms with Gasteiger partial charge < -0.3 is 5.32 Å². The maximum atomic E-state index is 12.0. The Labute approximate surface area is 109 Å². The van der Waals surface area contributed by atoms with Gasteiger partial charge in [-0.25, -0.2) is 4.98 Å². The van der Waals surface area contributed by atoms with Crippen LogP contribution in [0.25, 0.3) is 0 Å². The highest BCUT2D eigenvalue weighted by Crippen LogP contribution is 2.11. The molecule has 1 N–H and O–H groups in total. The monoisotopic (exact) mass is 271 g/mol. The van der Waals surface area contributed by atoms with Gasteiger partial charge in [0.1, 0.15) is 5.03 Å². The first-order valence-electron chi connectivity index (χ1n) is 5.27. The van der Waals surface area contributed by atoms with Gasteiger partial charge in [0.2, 0.25) is 0 Å². The second-order valence-electron chi connectivity index (χ2n) is 3.80. The molecule has 1 aromatic rings. The lowest BCUT2D eigenvalue weighted by molar-refractivity contribution is 0.641. The van der Waals surface area contributed by atoms with Crippen LogP contribution >= 0.6 is 12.4 Å². The first kappa shape index (κ1) is 14.1. The molecule has 1 saturated heterocycles. The van der Waals surface area contributed by atoms with Crippen molar-refractivity contribution in [2.75, 3.05) is 12.3 Å². The second-order valence-corrected chi connectivity index (χ2v) is 5.24. The Balaban J connectivity index is 0.00000144. The average molecular weight is 272 g/mol. The molecule has 6 heteroatoms. The van der Waals surface area contributed by atoms with Crippen molar-refractivity contribution < 1.29 is 4.21 Å². The Kier molecular flexibility index (Phi) is 5.56. The SMILES string of the molecule is Cl.N#Cc1ccnc(S(=O)CC2CCCN2)c1. The molecule has 2 atom stereocenters. The summed E-state index contributed by atoms with van der Waals surface area (Å²) in [5.74, 6) is 0.585. The summed E-state index contributed by atoms with van der Waals surface area (Å²) >= 11 is 0. The molecule has 1 aliphatic heterocycles. The molecule has 0 spiro atoms. The predicted octanol–water partition coefficient (Wildman–Crippen LogP) is 1.23. The van der Waals surface area contributed by atoms with E-state index in [4.69, 9.17) is 5.26 Å².